The Morgan fingerprint density at radius 2 is 1.35 bits per heavy atom. The molecule has 5 aromatic rings. The SMILES string of the molecule is O=c1c2ccccc2sc2c1ccc1cc3ccccc3cc12. The fourth-order valence-electron chi connectivity index (χ4n) is 3.27. The average molecular weight is 312 g/mol. The molecule has 5 rings (SSSR count). The molecule has 0 amide bonds. The van der Waals surface area contributed by atoms with Gasteiger partial charge in [0.1, 0.15) is 0 Å². The van der Waals surface area contributed by atoms with Crippen LogP contribution in [0.1, 0.15) is 0 Å². The minimum absolute atomic E-state index is 0.129. The number of hydrogen-bond donors (Lipinski definition) is 0. The van der Waals surface area contributed by atoms with Crippen molar-refractivity contribution in [2.24, 2.45) is 0 Å². The third kappa shape index (κ3) is 1.82. The van der Waals surface area contributed by atoms with Gasteiger partial charge in [0.15, 0.2) is 5.43 Å². The van der Waals surface area contributed by atoms with Gasteiger partial charge in [-0.3, -0.25) is 4.79 Å². The minimum atomic E-state index is 0.129. The molecule has 0 bridgehead atoms. The summed E-state index contributed by atoms with van der Waals surface area (Å²) < 4.78 is 2.13. The predicted molar refractivity (Wildman–Crippen MR) is 101 cm³/mol. The van der Waals surface area contributed by atoms with E-state index in [1.165, 1.54) is 16.2 Å². The Hall–Kier alpha value is -2.71. The number of rotatable bonds is 0. The van der Waals surface area contributed by atoms with Crippen LogP contribution in [0.4, 0.5) is 0 Å². The van der Waals surface area contributed by atoms with Crippen molar-refractivity contribution < 1.29 is 0 Å². The monoisotopic (exact) mass is 312 g/mol. The van der Waals surface area contributed by atoms with Gasteiger partial charge in [0.25, 0.3) is 0 Å². The molecular weight excluding hydrogens is 300 g/mol. The highest BCUT2D eigenvalue weighted by molar-refractivity contribution is 7.25. The molecule has 1 heterocycles. The summed E-state index contributed by atoms with van der Waals surface area (Å²) in [4.78, 5) is 12.8. The minimum Gasteiger partial charge on any atom is -0.289 e. The van der Waals surface area contributed by atoms with Crippen LogP contribution < -0.4 is 5.43 Å². The average Bonchev–Trinajstić information content (AvgIpc) is 2.60. The molecule has 0 radical (unpaired) electrons. The molecule has 108 valence electrons. The largest absolute Gasteiger partial charge is 0.289 e. The Kier molecular flexibility index (Phi) is 2.58. The smallest absolute Gasteiger partial charge is 0.195 e. The van der Waals surface area contributed by atoms with Crippen LogP contribution in [0.25, 0.3) is 41.7 Å². The summed E-state index contributed by atoms with van der Waals surface area (Å²) in [5.41, 5.74) is 0.129. The fraction of sp³-hybridized carbons (Fsp3) is 0. The third-order valence-electron chi connectivity index (χ3n) is 4.42. The van der Waals surface area contributed by atoms with Crippen molar-refractivity contribution in [3.05, 3.63) is 83.0 Å². The summed E-state index contributed by atoms with van der Waals surface area (Å²) in [6.07, 6.45) is 0. The zero-order chi connectivity index (χ0) is 15.4. The normalized spacial score (nSPS) is 11.7. The summed E-state index contributed by atoms with van der Waals surface area (Å²) in [6, 6.07) is 24.7. The van der Waals surface area contributed by atoms with Crippen LogP contribution in [0, 0.1) is 0 Å². The van der Waals surface area contributed by atoms with E-state index in [4.69, 9.17) is 0 Å². The molecule has 0 fully saturated rings. The first-order valence-electron chi connectivity index (χ1n) is 7.58. The summed E-state index contributed by atoms with van der Waals surface area (Å²) >= 11 is 1.70. The Labute approximate surface area is 136 Å². The molecule has 1 nitrogen and oxygen atoms in total. The van der Waals surface area contributed by atoms with Crippen LogP contribution in [0.15, 0.2) is 77.6 Å². The number of benzene rings is 4. The van der Waals surface area contributed by atoms with Crippen molar-refractivity contribution in [3.8, 4) is 0 Å². The second-order valence-corrected chi connectivity index (χ2v) is 6.84. The summed E-state index contributed by atoms with van der Waals surface area (Å²) in [6.45, 7) is 0. The molecule has 1 aromatic heterocycles. The molecule has 4 aromatic carbocycles. The molecule has 23 heavy (non-hydrogen) atoms. The van der Waals surface area contributed by atoms with Gasteiger partial charge in [-0.25, -0.2) is 0 Å². The van der Waals surface area contributed by atoms with Gasteiger partial charge in [0.05, 0.1) is 0 Å². The first-order valence-corrected chi connectivity index (χ1v) is 8.40. The number of hydrogen-bond acceptors (Lipinski definition) is 2. The van der Waals surface area contributed by atoms with E-state index in [1.54, 1.807) is 11.3 Å². The van der Waals surface area contributed by atoms with Crippen molar-refractivity contribution in [3.63, 3.8) is 0 Å². The molecule has 0 saturated heterocycles. The second-order valence-electron chi connectivity index (χ2n) is 5.79. The topological polar surface area (TPSA) is 17.1 Å². The molecule has 0 unspecified atom stereocenters. The maximum atomic E-state index is 12.8. The predicted octanol–water partition coefficient (Wildman–Crippen LogP) is 5.72. The van der Waals surface area contributed by atoms with Gasteiger partial charge in [-0.2, -0.15) is 0 Å². The van der Waals surface area contributed by atoms with Crippen LogP contribution in [0.3, 0.4) is 0 Å². The van der Waals surface area contributed by atoms with Crippen molar-refractivity contribution >= 4 is 53.1 Å². The summed E-state index contributed by atoms with van der Waals surface area (Å²) in [7, 11) is 0. The lowest BCUT2D eigenvalue weighted by Gasteiger charge is -2.07. The standard InChI is InChI=1S/C21H12OS/c22-20-16-7-3-4-8-19(16)23-21-17(20)10-9-15-11-13-5-1-2-6-14(13)12-18(15)21/h1-12H. The van der Waals surface area contributed by atoms with Crippen LogP contribution in [0.5, 0.6) is 0 Å². The van der Waals surface area contributed by atoms with Crippen LogP contribution in [-0.4, -0.2) is 0 Å². The van der Waals surface area contributed by atoms with E-state index in [9.17, 15) is 4.79 Å². The molecule has 0 N–H and O–H groups in total. The summed E-state index contributed by atoms with van der Waals surface area (Å²) in [5, 5.41) is 6.41. The van der Waals surface area contributed by atoms with Gasteiger partial charge in [0, 0.05) is 25.6 Å². The van der Waals surface area contributed by atoms with Crippen LogP contribution in [0.2, 0.25) is 0 Å². The van der Waals surface area contributed by atoms with Crippen LogP contribution in [-0.2, 0) is 0 Å². The van der Waals surface area contributed by atoms with E-state index in [0.29, 0.717) is 0 Å². The second kappa shape index (κ2) is 4.64. The highest BCUT2D eigenvalue weighted by Crippen LogP contribution is 2.33. The summed E-state index contributed by atoms with van der Waals surface area (Å²) in [5.74, 6) is 0. The molecule has 2 heteroatoms. The van der Waals surface area contributed by atoms with Crippen molar-refractivity contribution in [2.75, 3.05) is 0 Å². The van der Waals surface area contributed by atoms with Gasteiger partial charge < -0.3 is 0 Å². The van der Waals surface area contributed by atoms with Crippen molar-refractivity contribution in [2.45, 2.75) is 0 Å². The third-order valence-corrected chi connectivity index (χ3v) is 5.64. The highest BCUT2D eigenvalue weighted by atomic mass is 32.1. The van der Waals surface area contributed by atoms with E-state index >= 15 is 0 Å². The Balaban J connectivity index is 2.06. The Morgan fingerprint density at radius 3 is 2.22 bits per heavy atom. The molecule has 0 saturated carbocycles. The first-order chi connectivity index (χ1) is 11.3. The Bertz CT molecular complexity index is 1280. The maximum Gasteiger partial charge on any atom is 0.195 e. The zero-order valence-corrected chi connectivity index (χ0v) is 13.1. The van der Waals surface area contributed by atoms with E-state index in [2.05, 4.69) is 42.5 Å². The number of fused-ring (bicyclic) bond motifs is 5. The lowest BCUT2D eigenvalue weighted by Crippen LogP contribution is -2.00. The van der Waals surface area contributed by atoms with E-state index in [-0.39, 0.29) is 5.43 Å². The van der Waals surface area contributed by atoms with Crippen LogP contribution >= 0.6 is 11.3 Å². The zero-order valence-electron chi connectivity index (χ0n) is 12.2. The molecule has 0 aliphatic carbocycles. The molecule has 0 atom stereocenters. The van der Waals surface area contributed by atoms with Crippen molar-refractivity contribution in [1.82, 2.24) is 0 Å². The lowest BCUT2D eigenvalue weighted by molar-refractivity contribution is 1.76. The van der Waals surface area contributed by atoms with Gasteiger partial charge >= 0.3 is 0 Å². The van der Waals surface area contributed by atoms with Gasteiger partial charge in [-0.05, 0) is 46.5 Å². The van der Waals surface area contributed by atoms with Crippen molar-refractivity contribution in [1.29, 1.82) is 0 Å². The van der Waals surface area contributed by atoms with Gasteiger partial charge in [-0.1, -0.05) is 42.5 Å². The lowest BCUT2D eigenvalue weighted by atomic mass is 10.0. The molecular formula is C21H12OS. The first kappa shape index (κ1) is 12.8. The van der Waals surface area contributed by atoms with Gasteiger partial charge in [0.2, 0.25) is 0 Å². The maximum absolute atomic E-state index is 12.8. The van der Waals surface area contributed by atoms with Gasteiger partial charge in [-0.15, -0.1) is 11.3 Å². The van der Waals surface area contributed by atoms with E-state index < -0.39 is 0 Å². The van der Waals surface area contributed by atoms with E-state index in [0.717, 1.165) is 25.6 Å². The molecule has 0 aliphatic heterocycles. The van der Waals surface area contributed by atoms with E-state index in [1.807, 2.05) is 30.3 Å². The fourth-order valence-corrected chi connectivity index (χ4v) is 4.47. The quantitative estimate of drug-likeness (QED) is 0.264. The Morgan fingerprint density at radius 1 is 0.609 bits per heavy atom. The molecule has 0 spiro atoms. The molecule has 0 aliphatic rings. The highest BCUT2D eigenvalue weighted by Gasteiger charge is 2.09.